The third-order valence-electron chi connectivity index (χ3n) is 4.25. The van der Waals surface area contributed by atoms with Crippen LogP contribution in [-0.2, 0) is 0 Å². The van der Waals surface area contributed by atoms with Gasteiger partial charge in [-0.1, -0.05) is 5.16 Å². The molecule has 3 aromatic rings. The predicted octanol–water partition coefficient (Wildman–Crippen LogP) is 1.73. The number of hydrogen-bond donors (Lipinski definition) is 0. The van der Waals surface area contributed by atoms with E-state index in [1.54, 1.807) is 32.0 Å². The molecule has 1 saturated heterocycles. The summed E-state index contributed by atoms with van der Waals surface area (Å²) in [5.41, 5.74) is 2.39. The number of rotatable bonds is 2. The number of benzene rings is 1. The highest BCUT2D eigenvalue weighted by molar-refractivity contribution is 6.01. The summed E-state index contributed by atoms with van der Waals surface area (Å²) in [6, 6.07) is 4.91. The number of aromatic nitrogens is 3. The zero-order valence-electron chi connectivity index (χ0n) is 13.7. The van der Waals surface area contributed by atoms with E-state index in [-0.39, 0.29) is 11.8 Å². The molecule has 9 nitrogen and oxygen atoms in total. The molecule has 0 N–H and O–H groups in total. The molecule has 128 valence electrons. The average molecular weight is 341 g/mol. The SMILES string of the molecule is Cc1noc(C)c1C(=O)N1CCCN1C(=O)c1ccc2nonc2c1. The Morgan fingerprint density at radius 1 is 1.00 bits per heavy atom. The zero-order chi connectivity index (χ0) is 17.6. The van der Waals surface area contributed by atoms with Crippen molar-refractivity contribution in [2.45, 2.75) is 20.3 Å². The smallest absolute Gasteiger partial charge is 0.277 e. The van der Waals surface area contributed by atoms with Crippen LogP contribution >= 0.6 is 0 Å². The number of carbonyl (C=O) groups excluding carboxylic acids is 2. The lowest BCUT2D eigenvalue weighted by Crippen LogP contribution is -2.45. The summed E-state index contributed by atoms with van der Waals surface area (Å²) < 4.78 is 9.72. The van der Waals surface area contributed by atoms with Gasteiger partial charge >= 0.3 is 0 Å². The topological polar surface area (TPSA) is 106 Å². The van der Waals surface area contributed by atoms with Crippen LogP contribution in [0, 0.1) is 13.8 Å². The first kappa shape index (κ1) is 15.3. The number of hydrazine groups is 1. The maximum absolute atomic E-state index is 12.9. The van der Waals surface area contributed by atoms with Crippen LogP contribution < -0.4 is 0 Å². The van der Waals surface area contributed by atoms with Crippen LogP contribution in [0.1, 0.15) is 38.6 Å². The fraction of sp³-hybridized carbons (Fsp3) is 0.312. The molecular weight excluding hydrogens is 326 g/mol. The van der Waals surface area contributed by atoms with Gasteiger partial charge in [0.2, 0.25) is 0 Å². The highest BCUT2D eigenvalue weighted by Crippen LogP contribution is 2.22. The fourth-order valence-electron chi connectivity index (χ4n) is 3.02. The van der Waals surface area contributed by atoms with Crippen molar-refractivity contribution in [3.05, 3.63) is 40.8 Å². The third kappa shape index (κ3) is 2.44. The number of carbonyl (C=O) groups is 2. The summed E-state index contributed by atoms with van der Waals surface area (Å²) in [4.78, 5) is 25.7. The second-order valence-corrected chi connectivity index (χ2v) is 5.88. The fourth-order valence-corrected chi connectivity index (χ4v) is 3.02. The van der Waals surface area contributed by atoms with Crippen molar-refractivity contribution < 1.29 is 18.7 Å². The standard InChI is InChI=1S/C16H15N5O4/c1-9-14(10(2)24-17-9)16(23)21-7-3-6-20(21)15(22)11-4-5-12-13(8-11)19-25-18-12/h4-5,8H,3,6-7H2,1-2H3. The van der Waals surface area contributed by atoms with Crippen molar-refractivity contribution in [2.75, 3.05) is 13.1 Å². The highest BCUT2D eigenvalue weighted by atomic mass is 16.6. The Labute approximate surface area is 142 Å². The Balaban J connectivity index is 1.64. The minimum Gasteiger partial charge on any atom is -0.361 e. The van der Waals surface area contributed by atoms with Crippen molar-refractivity contribution >= 4 is 22.8 Å². The van der Waals surface area contributed by atoms with Crippen molar-refractivity contribution in [2.24, 2.45) is 0 Å². The summed E-state index contributed by atoms with van der Waals surface area (Å²) in [6.45, 7) is 4.31. The number of hydrogen-bond acceptors (Lipinski definition) is 7. The second-order valence-electron chi connectivity index (χ2n) is 5.88. The Hall–Kier alpha value is -3.23. The van der Waals surface area contributed by atoms with Crippen LogP contribution in [-0.4, -0.2) is 50.4 Å². The summed E-state index contributed by atoms with van der Waals surface area (Å²) >= 11 is 0. The van der Waals surface area contributed by atoms with Gasteiger partial charge in [0.05, 0.1) is 5.69 Å². The molecule has 25 heavy (non-hydrogen) atoms. The molecule has 0 unspecified atom stereocenters. The molecule has 2 aromatic heterocycles. The molecule has 0 radical (unpaired) electrons. The first-order valence-corrected chi connectivity index (χ1v) is 7.85. The number of amides is 2. The third-order valence-corrected chi connectivity index (χ3v) is 4.25. The van der Waals surface area contributed by atoms with Gasteiger partial charge in [-0.2, -0.15) is 0 Å². The molecule has 3 heterocycles. The van der Waals surface area contributed by atoms with Gasteiger partial charge in [-0.05, 0) is 48.8 Å². The van der Waals surface area contributed by atoms with E-state index in [4.69, 9.17) is 4.52 Å². The Bertz CT molecular complexity index is 956. The average Bonchev–Trinajstić information content (AvgIpc) is 3.32. The maximum atomic E-state index is 12.9. The van der Waals surface area contributed by atoms with Crippen LogP contribution in [0.4, 0.5) is 0 Å². The number of nitrogens with zero attached hydrogens (tertiary/aromatic N) is 5. The van der Waals surface area contributed by atoms with E-state index >= 15 is 0 Å². The van der Waals surface area contributed by atoms with Gasteiger partial charge in [0.25, 0.3) is 11.8 Å². The first-order valence-electron chi connectivity index (χ1n) is 7.85. The van der Waals surface area contributed by atoms with Gasteiger partial charge in [-0.3, -0.25) is 9.59 Å². The molecule has 0 saturated carbocycles. The minimum atomic E-state index is -0.286. The molecular formula is C16H15N5O4. The van der Waals surface area contributed by atoms with Gasteiger partial charge in [0, 0.05) is 18.7 Å². The summed E-state index contributed by atoms with van der Waals surface area (Å²) in [7, 11) is 0. The van der Waals surface area contributed by atoms with E-state index in [1.807, 2.05) is 0 Å². The second kappa shape index (κ2) is 5.69. The van der Waals surface area contributed by atoms with E-state index in [0.717, 1.165) is 0 Å². The molecule has 1 aliphatic heterocycles. The monoisotopic (exact) mass is 341 g/mol. The molecule has 1 aliphatic rings. The Kier molecular flexibility index (Phi) is 3.48. The lowest BCUT2D eigenvalue weighted by atomic mass is 10.1. The van der Waals surface area contributed by atoms with Crippen LogP contribution in [0.15, 0.2) is 27.4 Å². The van der Waals surface area contributed by atoms with Gasteiger partial charge < -0.3 is 4.52 Å². The molecule has 4 rings (SSSR count). The van der Waals surface area contributed by atoms with Crippen LogP contribution in [0.3, 0.4) is 0 Å². The zero-order valence-corrected chi connectivity index (χ0v) is 13.7. The number of aryl methyl sites for hydroxylation is 2. The maximum Gasteiger partial charge on any atom is 0.277 e. The molecule has 9 heteroatoms. The minimum absolute atomic E-state index is 0.275. The highest BCUT2D eigenvalue weighted by Gasteiger charge is 2.34. The summed E-state index contributed by atoms with van der Waals surface area (Å²) in [6.07, 6.45) is 0.703. The van der Waals surface area contributed by atoms with E-state index in [9.17, 15) is 9.59 Å². The van der Waals surface area contributed by atoms with E-state index in [0.29, 0.717) is 53.1 Å². The van der Waals surface area contributed by atoms with Crippen molar-refractivity contribution in [1.29, 1.82) is 0 Å². The molecule has 0 bridgehead atoms. The Morgan fingerprint density at radius 3 is 2.44 bits per heavy atom. The van der Waals surface area contributed by atoms with Crippen molar-refractivity contribution in [1.82, 2.24) is 25.5 Å². The molecule has 1 aromatic carbocycles. The van der Waals surface area contributed by atoms with E-state index < -0.39 is 0 Å². The molecule has 1 fully saturated rings. The molecule has 0 atom stereocenters. The first-order chi connectivity index (χ1) is 12.1. The molecule has 2 amide bonds. The van der Waals surface area contributed by atoms with Crippen LogP contribution in [0.2, 0.25) is 0 Å². The van der Waals surface area contributed by atoms with Crippen molar-refractivity contribution in [3.8, 4) is 0 Å². The quantitative estimate of drug-likeness (QED) is 0.699. The largest absolute Gasteiger partial charge is 0.361 e. The molecule has 0 aliphatic carbocycles. The van der Waals surface area contributed by atoms with E-state index in [2.05, 4.69) is 20.1 Å². The van der Waals surface area contributed by atoms with Crippen LogP contribution in [0.5, 0.6) is 0 Å². The van der Waals surface area contributed by atoms with Gasteiger partial charge in [-0.15, -0.1) is 0 Å². The van der Waals surface area contributed by atoms with Gasteiger partial charge in [-0.25, -0.2) is 14.6 Å². The lowest BCUT2D eigenvalue weighted by molar-refractivity contribution is 0.0184. The van der Waals surface area contributed by atoms with Gasteiger partial charge in [0.1, 0.15) is 22.4 Å². The van der Waals surface area contributed by atoms with E-state index in [1.165, 1.54) is 10.0 Å². The summed E-state index contributed by atoms with van der Waals surface area (Å²) in [5.74, 6) is -0.120. The predicted molar refractivity (Wildman–Crippen MR) is 84.5 cm³/mol. The van der Waals surface area contributed by atoms with Crippen molar-refractivity contribution in [3.63, 3.8) is 0 Å². The molecule has 0 spiro atoms. The normalized spacial score (nSPS) is 14.5. The van der Waals surface area contributed by atoms with Gasteiger partial charge in [0.15, 0.2) is 0 Å². The van der Waals surface area contributed by atoms with Crippen LogP contribution in [0.25, 0.3) is 11.0 Å². The lowest BCUT2D eigenvalue weighted by Gasteiger charge is -2.27. The number of fused-ring (bicyclic) bond motifs is 1. The Morgan fingerprint density at radius 2 is 1.72 bits per heavy atom. The summed E-state index contributed by atoms with van der Waals surface area (Å²) in [5, 5.41) is 14.2.